The highest BCUT2D eigenvalue weighted by Gasteiger charge is 2.37. The van der Waals surface area contributed by atoms with Gasteiger partial charge in [0.1, 0.15) is 11.2 Å². The van der Waals surface area contributed by atoms with Gasteiger partial charge in [-0.25, -0.2) is 27.2 Å². The Morgan fingerprint density at radius 2 is 1.59 bits per heavy atom. The molecule has 10 heteroatoms. The van der Waals surface area contributed by atoms with Crippen molar-refractivity contribution in [3.63, 3.8) is 0 Å². The number of ether oxygens (including phenoxy) is 2. The molecule has 0 saturated carbocycles. The van der Waals surface area contributed by atoms with Crippen LogP contribution in [0.2, 0.25) is 0 Å². The third kappa shape index (κ3) is 5.06. The second-order valence-electron chi connectivity index (χ2n) is 8.64. The fourth-order valence-corrected chi connectivity index (χ4v) is 3.59. The molecule has 0 N–H and O–H groups in total. The maximum absolute atomic E-state index is 12.8. The molecule has 0 aromatic heterocycles. The summed E-state index contributed by atoms with van der Waals surface area (Å²) in [6.45, 7) is 9.77. The molecule has 0 aliphatic carbocycles. The van der Waals surface area contributed by atoms with E-state index in [1.165, 1.54) is 18.2 Å². The first-order valence-electron chi connectivity index (χ1n) is 8.92. The average Bonchev–Trinajstić information content (AvgIpc) is 2.87. The Morgan fingerprint density at radius 3 is 2.10 bits per heavy atom. The second-order valence-corrected chi connectivity index (χ2v) is 10.6. The van der Waals surface area contributed by atoms with Gasteiger partial charge in [-0.1, -0.05) is 0 Å². The van der Waals surface area contributed by atoms with Crippen molar-refractivity contribution in [2.45, 2.75) is 64.2 Å². The normalized spacial score (nSPS) is 14.4. The summed E-state index contributed by atoms with van der Waals surface area (Å²) < 4.78 is 36.4. The van der Waals surface area contributed by atoms with Crippen molar-refractivity contribution < 1.29 is 32.3 Å². The van der Waals surface area contributed by atoms with E-state index in [2.05, 4.69) is 0 Å². The summed E-state index contributed by atoms with van der Waals surface area (Å²) in [5.74, 6) is -0.571. The van der Waals surface area contributed by atoms with Crippen LogP contribution in [0.5, 0.6) is 0 Å². The number of nitrogens with zero attached hydrogens (tertiary/aromatic N) is 2. The van der Waals surface area contributed by atoms with Crippen LogP contribution in [-0.2, 0) is 26.0 Å². The molecular weight excluding hydrogens is 400 g/mol. The number of fused-ring (bicyclic) bond motifs is 1. The number of hydrogen-bond donors (Lipinski definition) is 0. The fourth-order valence-electron chi connectivity index (χ4n) is 2.50. The van der Waals surface area contributed by atoms with E-state index in [1.54, 1.807) is 41.5 Å². The minimum atomic E-state index is -4.20. The quantitative estimate of drug-likeness (QED) is 0.714. The number of hydrogen-bond acceptors (Lipinski definition) is 7. The molecule has 1 aromatic carbocycles. The van der Waals surface area contributed by atoms with Crippen molar-refractivity contribution in [2.75, 3.05) is 7.05 Å². The molecule has 0 spiro atoms. The molecule has 160 valence electrons. The van der Waals surface area contributed by atoms with Gasteiger partial charge in [0.25, 0.3) is 15.9 Å². The molecule has 1 aromatic rings. The van der Waals surface area contributed by atoms with Crippen molar-refractivity contribution in [3.8, 4) is 0 Å². The monoisotopic (exact) mass is 426 g/mol. The Labute approximate surface area is 170 Å². The molecule has 3 amide bonds. The zero-order valence-electron chi connectivity index (χ0n) is 17.6. The minimum absolute atomic E-state index is 0.122. The average molecular weight is 426 g/mol. The zero-order valence-corrected chi connectivity index (χ0v) is 18.4. The van der Waals surface area contributed by atoms with Gasteiger partial charge in [0, 0.05) is 12.6 Å². The van der Waals surface area contributed by atoms with Crippen molar-refractivity contribution in [1.29, 1.82) is 0 Å². The van der Waals surface area contributed by atoms with Gasteiger partial charge in [0.2, 0.25) is 0 Å². The summed E-state index contributed by atoms with van der Waals surface area (Å²) in [7, 11) is -3.11. The van der Waals surface area contributed by atoms with E-state index in [-0.39, 0.29) is 17.0 Å². The van der Waals surface area contributed by atoms with E-state index in [1.807, 2.05) is 0 Å². The lowest BCUT2D eigenvalue weighted by molar-refractivity contribution is 0.0247. The lowest BCUT2D eigenvalue weighted by Gasteiger charge is -2.24. The van der Waals surface area contributed by atoms with Crippen LogP contribution in [0.15, 0.2) is 23.1 Å². The fraction of sp³-hybridized carbons (Fsp3) is 0.526. The SMILES string of the molecule is CN(C(=O)OC(C)(C)C)S(=O)(=O)c1ccc2c(c1)CN(C(=O)OC(C)(C)C)C2=O. The highest BCUT2D eigenvalue weighted by Crippen LogP contribution is 2.28. The molecule has 9 nitrogen and oxygen atoms in total. The standard InChI is InChI=1S/C19H26N2O7S/c1-18(2,3)27-16(23)20(7)29(25,26)13-8-9-14-12(10-13)11-21(15(14)22)17(24)28-19(4,5)6/h8-10H,11H2,1-7H3. The van der Waals surface area contributed by atoms with Crippen LogP contribution in [0.4, 0.5) is 9.59 Å². The number of sulfonamides is 1. The number of rotatable bonds is 2. The molecule has 0 atom stereocenters. The molecule has 1 aliphatic rings. The highest BCUT2D eigenvalue weighted by atomic mass is 32.2. The number of carbonyl (C=O) groups excluding carboxylic acids is 3. The Kier molecular flexibility index (Phi) is 5.73. The first-order chi connectivity index (χ1) is 13.0. The van der Waals surface area contributed by atoms with Gasteiger partial charge in [-0.15, -0.1) is 0 Å². The summed E-state index contributed by atoms with van der Waals surface area (Å²) in [5.41, 5.74) is -1.09. The Bertz CT molecular complexity index is 956. The number of benzene rings is 1. The zero-order chi connectivity index (χ0) is 22.4. The molecule has 0 unspecified atom stereocenters. The van der Waals surface area contributed by atoms with Gasteiger partial charge >= 0.3 is 12.2 Å². The van der Waals surface area contributed by atoms with E-state index >= 15 is 0 Å². The van der Waals surface area contributed by atoms with E-state index < -0.39 is 39.3 Å². The van der Waals surface area contributed by atoms with E-state index in [9.17, 15) is 22.8 Å². The van der Waals surface area contributed by atoms with Crippen molar-refractivity contribution in [3.05, 3.63) is 29.3 Å². The molecule has 0 saturated heterocycles. The van der Waals surface area contributed by atoms with Crippen LogP contribution < -0.4 is 0 Å². The van der Waals surface area contributed by atoms with Crippen LogP contribution in [0, 0.1) is 0 Å². The number of imide groups is 1. The predicted octanol–water partition coefficient (Wildman–Crippen LogP) is 3.13. The molecule has 1 heterocycles. The van der Waals surface area contributed by atoms with Crippen molar-refractivity contribution >= 4 is 28.1 Å². The molecule has 1 aliphatic heterocycles. The van der Waals surface area contributed by atoms with Crippen LogP contribution in [0.3, 0.4) is 0 Å². The van der Waals surface area contributed by atoms with Crippen LogP contribution in [0.1, 0.15) is 57.5 Å². The van der Waals surface area contributed by atoms with Gasteiger partial charge in [-0.2, -0.15) is 0 Å². The van der Waals surface area contributed by atoms with Gasteiger partial charge in [0.05, 0.1) is 11.4 Å². The summed E-state index contributed by atoms with van der Waals surface area (Å²) >= 11 is 0. The van der Waals surface area contributed by atoms with E-state index in [4.69, 9.17) is 9.47 Å². The smallest absolute Gasteiger partial charge is 0.424 e. The molecule has 0 radical (unpaired) electrons. The largest absolute Gasteiger partial charge is 0.443 e. The third-order valence-corrected chi connectivity index (χ3v) is 5.52. The summed E-state index contributed by atoms with van der Waals surface area (Å²) in [6.07, 6.45) is -1.83. The summed E-state index contributed by atoms with van der Waals surface area (Å²) in [6, 6.07) is 3.80. The Morgan fingerprint density at radius 1 is 1.03 bits per heavy atom. The second kappa shape index (κ2) is 7.33. The maximum Gasteiger partial charge on any atom is 0.424 e. The first kappa shape index (κ1) is 22.7. The highest BCUT2D eigenvalue weighted by molar-refractivity contribution is 7.89. The molecule has 2 rings (SSSR count). The number of carbonyl (C=O) groups is 3. The molecule has 0 fully saturated rings. The van der Waals surface area contributed by atoms with Crippen molar-refractivity contribution in [2.24, 2.45) is 0 Å². The van der Waals surface area contributed by atoms with Gasteiger partial charge < -0.3 is 9.47 Å². The third-order valence-electron chi connectivity index (χ3n) is 3.80. The predicted molar refractivity (Wildman–Crippen MR) is 104 cm³/mol. The summed E-state index contributed by atoms with van der Waals surface area (Å²) in [5, 5.41) is 0. The first-order valence-corrected chi connectivity index (χ1v) is 10.4. The van der Waals surface area contributed by atoms with E-state index in [0.717, 1.165) is 11.9 Å². The lowest BCUT2D eigenvalue weighted by atomic mass is 10.1. The van der Waals surface area contributed by atoms with Crippen molar-refractivity contribution in [1.82, 2.24) is 9.21 Å². The van der Waals surface area contributed by atoms with Gasteiger partial charge in [-0.3, -0.25) is 4.79 Å². The van der Waals surface area contributed by atoms with Gasteiger partial charge in [0.15, 0.2) is 0 Å². The lowest BCUT2D eigenvalue weighted by Crippen LogP contribution is -2.38. The maximum atomic E-state index is 12.8. The molecule has 29 heavy (non-hydrogen) atoms. The molecule has 0 bridgehead atoms. The van der Waals surface area contributed by atoms with E-state index in [0.29, 0.717) is 9.87 Å². The molecular formula is C19H26N2O7S. The Hall–Kier alpha value is -2.62. The van der Waals surface area contributed by atoms with Gasteiger partial charge in [-0.05, 0) is 65.3 Å². The topological polar surface area (TPSA) is 110 Å². The minimum Gasteiger partial charge on any atom is -0.443 e. The van der Waals surface area contributed by atoms with Crippen LogP contribution >= 0.6 is 0 Å². The Balaban J connectivity index is 2.29. The number of amides is 3. The summed E-state index contributed by atoms with van der Waals surface area (Å²) in [4.78, 5) is 37.6. The van der Waals surface area contributed by atoms with Crippen LogP contribution in [-0.4, -0.2) is 54.0 Å². The van der Waals surface area contributed by atoms with Crippen LogP contribution in [0.25, 0.3) is 0 Å².